The van der Waals surface area contributed by atoms with Crippen LogP contribution in [0.3, 0.4) is 0 Å². The van der Waals surface area contributed by atoms with Crippen LogP contribution in [-0.4, -0.2) is 55.4 Å². The third kappa shape index (κ3) is 3.25. The molecule has 1 aromatic carbocycles. The number of nitrogens with one attached hydrogen (secondary N) is 1. The minimum atomic E-state index is -0.388. The molecular weight excluding hydrogens is 421 g/mol. The minimum Gasteiger partial charge on any atom is -0.336 e. The van der Waals surface area contributed by atoms with Gasteiger partial charge in [0.05, 0.1) is 11.7 Å². The van der Waals surface area contributed by atoms with E-state index in [0.717, 1.165) is 5.69 Å². The summed E-state index contributed by atoms with van der Waals surface area (Å²) < 4.78 is 19.6. The van der Waals surface area contributed by atoms with Crippen molar-refractivity contribution in [3.63, 3.8) is 0 Å². The van der Waals surface area contributed by atoms with E-state index in [0.29, 0.717) is 54.2 Å². The highest BCUT2D eigenvalue weighted by atomic mass is 32.1. The molecule has 1 saturated heterocycles. The number of anilines is 1. The van der Waals surface area contributed by atoms with Gasteiger partial charge in [-0.1, -0.05) is 0 Å². The minimum absolute atomic E-state index is 0.190. The third-order valence-electron chi connectivity index (χ3n) is 5.60. The van der Waals surface area contributed by atoms with Crippen molar-refractivity contribution in [3.05, 3.63) is 47.2 Å². The van der Waals surface area contributed by atoms with Gasteiger partial charge in [-0.05, 0) is 49.6 Å². The number of carbonyl (C=O) groups excluding carboxylic acids is 2. The molecule has 4 heterocycles. The molecule has 2 aliphatic heterocycles. The van der Waals surface area contributed by atoms with Gasteiger partial charge in [0.2, 0.25) is 0 Å². The molecule has 2 aliphatic rings. The first kappa shape index (κ1) is 19.6. The van der Waals surface area contributed by atoms with Crippen LogP contribution in [0.4, 0.5) is 15.0 Å². The Kier molecular flexibility index (Phi) is 4.69. The highest BCUT2D eigenvalue weighted by Crippen LogP contribution is 2.38. The summed E-state index contributed by atoms with van der Waals surface area (Å²) in [7, 11) is 0. The predicted molar refractivity (Wildman–Crippen MR) is 112 cm³/mol. The number of rotatable bonds is 3. The molecule has 11 heteroatoms. The van der Waals surface area contributed by atoms with E-state index in [9.17, 15) is 14.0 Å². The van der Waals surface area contributed by atoms with Gasteiger partial charge in [0.15, 0.2) is 16.6 Å². The number of imidazole rings is 1. The smallest absolute Gasteiger partial charge is 0.323 e. The highest BCUT2D eigenvalue weighted by Gasteiger charge is 2.38. The summed E-state index contributed by atoms with van der Waals surface area (Å²) in [6.07, 6.45) is 0. The maximum atomic E-state index is 13.3. The molecule has 3 amide bonds. The van der Waals surface area contributed by atoms with Crippen molar-refractivity contribution < 1.29 is 14.0 Å². The molecule has 0 spiro atoms. The van der Waals surface area contributed by atoms with Crippen LogP contribution in [-0.2, 0) is 6.54 Å². The summed E-state index contributed by atoms with van der Waals surface area (Å²) in [4.78, 5) is 38.2. The predicted octanol–water partition coefficient (Wildman–Crippen LogP) is 2.60. The summed E-state index contributed by atoms with van der Waals surface area (Å²) in [5.41, 5.74) is 1.20. The molecule has 1 fully saturated rings. The Labute approximate surface area is 181 Å². The first-order chi connectivity index (χ1) is 14.9. The van der Waals surface area contributed by atoms with E-state index in [1.807, 2.05) is 18.4 Å². The lowest BCUT2D eigenvalue weighted by Crippen LogP contribution is -2.42. The van der Waals surface area contributed by atoms with E-state index >= 15 is 0 Å². The molecule has 0 saturated carbocycles. The van der Waals surface area contributed by atoms with Crippen LogP contribution < -0.4 is 10.2 Å². The summed E-state index contributed by atoms with van der Waals surface area (Å²) in [6, 6.07) is 4.98. The number of benzene rings is 1. The molecule has 1 N–H and O–H groups in total. The molecule has 0 aliphatic carbocycles. The van der Waals surface area contributed by atoms with E-state index in [1.165, 1.54) is 35.8 Å². The Morgan fingerprint density at radius 2 is 1.97 bits per heavy atom. The van der Waals surface area contributed by atoms with E-state index in [4.69, 9.17) is 4.98 Å². The lowest BCUT2D eigenvalue weighted by molar-refractivity contribution is 0.0645. The Hall–Kier alpha value is -3.34. The summed E-state index contributed by atoms with van der Waals surface area (Å²) in [5, 5.41) is 3.48. The first-order valence-electron chi connectivity index (χ1n) is 9.97. The molecule has 31 heavy (non-hydrogen) atoms. The lowest BCUT2D eigenvalue weighted by Gasteiger charge is -2.36. The van der Waals surface area contributed by atoms with Crippen LogP contribution in [0.15, 0.2) is 24.3 Å². The van der Waals surface area contributed by atoms with E-state index in [-0.39, 0.29) is 23.8 Å². The monoisotopic (exact) mass is 441 g/mol. The molecule has 0 unspecified atom stereocenters. The number of nitrogens with zero attached hydrogens (tertiary/aromatic N) is 6. The number of hydrogen-bond donors (Lipinski definition) is 1. The Morgan fingerprint density at radius 1 is 1.19 bits per heavy atom. The normalized spacial score (nSPS) is 18.3. The van der Waals surface area contributed by atoms with Crippen LogP contribution in [0, 0.1) is 12.7 Å². The number of halogens is 1. The van der Waals surface area contributed by atoms with Crippen molar-refractivity contribution in [2.24, 2.45) is 0 Å². The number of aryl methyl sites for hydroxylation is 1. The number of aromatic nitrogens is 4. The van der Waals surface area contributed by atoms with E-state index < -0.39 is 0 Å². The molecule has 0 radical (unpaired) electrons. The van der Waals surface area contributed by atoms with Gasteiger partial charge in [-0.2, -0.15) is 4.37 Å². The van der Waals surface area contributed by atoms with Gasteiger partial charge in [0.25, 0.3) is 5.91 Å². The number of fused-ring (bicyclic) bond motifs is 1. The first-order valence-corrected chi connectivity index (χ1v) is 10.7. The van der Waals surface area contributed by atoms with Crippen molar-refractivity contribution in [3.8, 4) is 10.8 Å². The van der Waals surface area contributed by atoms with Gasteiger partial charge in [-0.3, -0.25) is 9.69 Å². The largest absolute Gasteiger partial charge is 0.336 e. The third-order valence-corrected chi connectivity index (χ3v) is 6.40. The van der Waals surface area contributed by atoms with Gasteiger partial charge in [0.1, 0.15) is 11.6 Å². The molecule has 160 valence electrons. The molecule has 0 bridgehead atoms. The second-order valence-electron chi connectivity index (χ2n) is 7.51. The molecule has 1 atom stereocenters. The van der Waals surface area contributed by atoms with Gasteiger partial charge < -0.3 is 14.8 Å². The SMILES string of the molecule is Cc1nsc(-c2nc(N3CCNC3=O)c3n2CCN(C(=O)c2ccc(F)cc2)[C@@H]3C)n1. The van der Waals surface area contributed by atoms with Gasteiger partial charge in [0, 0.05) is 31.7 Å². The quantitative estimate of drug-likeness (QED) is 0.674. The molecule has 5 rings (SSSR count). The molecule has 2 aromatic heterocycles. The maximum Gasteiger partial charge on any atom is 0.323 e. The zero-order valence-corrected chi connectivity index (χ0v) is 17.8. The molecule has 9 nitrogen and oxygen atoms in total. The number of carbonyl (C=O) groups is 2. The van der Waals surface area contributed by atoms with Crippen LogP contribution in [0.5, 0.6) is 0 Å². The topological polar surface area (TPSA) is 96.3 Å². The fourth-order valence-corrected chi connectivity index (χ4v) is 4.77. The fraction of sp³-hybridized carbons (Fsp3) is 0.350. The van der Waals surface area contributed by atoms with Crippen molar-refractivity contribution in [1.29, 1.82) is 0 Å². The fourth-order valence-electron chi connectivity index (χ4n) is 4.10. The second-order valence-corrected chi connectivity index (χ2v) is 8.26. The van der Waals surface area contributed by atoms with Crippen LogP contribution in [0.2, 0.25) is 0 Å². The van der Waals surface area contributed by atoms with E-state index in [2.05, 4.69) is 14.7 Å². The second kappa shape index (κ2) is 7.41. The number of hydrogen-bond acceptors (Lipinski definition) is 6. The number of urea groups is 1. The zero-order chi connectivity index (χ0) is 21.7. The van der Waals surface area contributed by atoms with Gasteiger partial charge in [-0.15, -0.1) is 0 Å². The standard InChI is InChI=1S/C20H20FN7O2S/c1-11-15-16(28-8-7-22-20(28)30)24-17(18-23-12(2)25-31-18)27(15)10-9-26(11)19(29)13-3-5-14(21)6-4-13/h3-6,11H,7-10H2,1-2H3,(H,22,30)/t11-/m1/s1. The summed E-state index contributed by atoms with van der Waals surface area (Å²) >= 11 is 1.26. The average Bonchev–Trinajstić information content (AvgIpc) is 3.46. The molecule has 3 aromatic rings. The van der Waals surface area contributed by atoms with Gasteiger partial charge in [-0.25, -0.2) is 19.2 Å². The van der Waals surface area contributed by atoms with Crippen LogP contribution in [0.25, 0.3) is 10.8 Å². The number of amides is 3. The van der Waals surface area contributed by atoms with Crippen molar-refractivity contribution in [1.82, 2.24) is 29.1 Å². The van der Waals surface area contributed by atoms with Crippen molar-refractivity contribution in [2.75, 3.05) is 24.5 Å². The summed E-state index contributed by atoms with van der Waals surface area (Å²) in [6.45, 7) is 5.72. The molecular formula is C20H20FN7O2S. The average molecular weight is 441 g/mol. The van der Waals surface area contributed by atoms with Crippen LogP contribution >= 0.6 is 11.5 Å². The summed E-state index contributed by atoms with van der Waals surface area (Å²) in [5.74, 6) is 1.26. The lowest BCUT2D eigenvalue weighted by atomic mass is 10.1. The Morgan fingerprint density at radius 3 is 2.61 bits per heavy atom. The highest BCUT2D eigenvalue weighted by molar-refractivity contribution is 7.09. The van der Waals surface area contributed by atoms with Crippen LogP contribution in [0.1, 0.15) is 34.8 Å². The maximum absolute atomic E-state index is 13.3. The Bertz CT molecular complexity index is 1170. The Balaban J connectivity index is 1.58. The van der Waals surface area contributed by atoms with E-state index in [1.54, 1.807) is 9.80 Å². The zero-order valence-electron chi connectivity index (χ0n) is 17.0. The van der Waals surface area contributed by atoms with Gasteiger partial charge >= 0.3 is 6.03 Å². The van der Waals surface area contributed by atoms with Crippen molar-refractivity contribution >= 4 is 29.3 Å². The van der Waals surface area contributed by atoms with Crippen molar-refractivity contribution in [2.45, 2.75) is 26.4 Å².